The molecule has 0 fully saturated rings. The summed E-state index contributed by atoms with van der Waals surface area (Å²) in [5.74, 6) is -0.392. The molecular formula is C27H33NO6S3. The van der Waals surface area contributed by atoms with Gasteiger partial charge in [0, 0.05) is 17.6 Å². The molecule has 37 heavy (non-hydrogen) atoms. The molecule has 1 aromatic carbocycles. The molecule has 0 aliphatic carbocycles. The molecule has 0 aromatic heterocycles. The van der Waals surface area contributed by atoms with Crippen molar-refractivity contribution in [2.24, 2.45) is 5.92 Å². The van der Waals surface area contributed by atoms with Gasteiger partial charge in [-0.2, -0.15) is 0 Å². The predicted octanol–water partition coefficient (Wildman–Crippen LogP) is 6.11. The molecule has 2 aliphatic heterocycles. The number of anilines is 1. The quantitative estimate of drug-likeness (QED) is 0.211. The molecule has 0 saturated heterocycles. The van der Waals surface area contributed by atoms with Crippen LogP contribution in [0, 0.1) is 5.92 Å². The molecule has 0 unspecified atom stereocenters. The zero-order valence-electron chi connectivity index (χ0n) is 22.3. The maximum Gasteiger partial charge on any atom is 0.346 e. The number of fused-ring (bicyclic) bond motifs is 1. The molecule has 7 nitrogen and oxygen atoms in total. The zero-order chi connectivity index (χ0) is 27.5. The summed E-state index contributed by atoms with van der Waals surface area (Å²) in [5, 5.41) is 0. The molecule has 0 N–H and O–H groups in total. The van der Waals surface area contributed by atoms with Gasteiger partial charge in [0.25, 0.3) is 0 Å². The summed E-state index contributed by atoms with van der Waals surface area (Å²) in [7, 11) is 0. The smallest absolute Gasteiger partial charge is 0.346 e. The second-order valence-corrected chi connectivity index (χ2v) is 12.0. The van der Waals surface area contributed by atoms with Crippen LogP contribution in [-0.4, -0.2) is 48.1 Å². The number of hydrogen-bond donors (Lipinski definition) is 0. The predicted molar refractivity (Wildman–Crippen MR) is 154 cm³/mol. The lowest BCUT2D eigenvalue weighted by atomic mass is 9.82. The normalized spacial score (nSPS) is 16.8. The van der Waals surface area contributed by atoms with Crippen LogP contribution in [0.15, 0.2) is 32.2 Å². The number of amides is 1. The third-order valence-electron chi connectivity index (χ3n) is 5.68. The van der Waals surface area contributed by atoms with Gasteiger partial charge in [0.05, 0.1) is 40.1 Å². The van der Waals surface area contributed by atoms with Crippen molar-refractivity contribution in [1.29, 1.82) is 0 Å². The number of ether oxygens (including phenoxy) is 3. The number of hydrogen-bond acceptors (Lipinski definition) is 9. The van der Waals surface area contributed by atoms with E-state index in [1.165, 1.54) is 0 Å². The first kappa shape index (κ1) is 29.3. The Balaban J connectivity index is 2.24. The molecule has 2 aliphatic rings. The SMILES string of the molecule is CCOC(=O)C1=C(C(=O)OCC)SC(=C2C(=S)C(C)(C)N(C(=O)CC(C)C)c3ccc(OCC)cc32)S1. The van der Waals surface area contributed by atoms with E-state index in [2.05, 4.69) is 0 Å². The van der Waals surface area contributed by atoms with Crippen molar-refractivity contribution in [1.82, 2.24) is 0 Å². The highest BCUT2D eigenvalue weighted by atomic mass is 32.2. The third-order valence-corrected chi connectivity index (χ3v) is 8.95. The number of nitrogens with zero attached hydrogens (tertiary/aromatic N) is 1. The minimum Gasteiger partial charge on any atom is -0.494 e. The number of thiocarbonyl (C=S) groups is 1. The molecule has 2 heterocycles. The van der Waals surface area contributed by atoms with Gasteiger partial charge in [-0.05, 0) is 58.7 Å². The highest BCUT2D eigenvalue weighted by Gasteiger charge is 2.46. The number of rotatable bonds is 8. The summed E-state index contributed by atoms with van der Waals surface area (Å²) in [5.41, 5.74) is 1.29. The molecule has 0 saturated carbocycles. The van der Waals surface area contributed by atoms with Gasteiger partial charge in [-0.3, -0.25) is 4.79 Å². The second-order valence-electron chi connectivity index (χ2n) is 9.29. The van der Waals surface area contributed by atoms with Crippen LogP contribution < -0.4 is 9.64 Å². The van der Waals surface area contributed by atoms with Crippen LogP contribution in [0.3, 0.4) is 0 Å². The van der Waals surface area contributed by atoms with Gasteiger partial charge in [0.2, 0.25) is 5.91 Å². The lowest BCUT2D eigenvalue weighted by Crippen LogP contribution is -2.56. The van der Waals surface area contributed by atoms with E-state index in [4.69, 9.17) is 26.4 Å². The topological polar surface area (TPSA) is 82.1 Å². The van der Waals surface area contributed by atoms with Gasteiger partial charge in [0.1, 0.15) is 15.6 Å². The van der Waals surface area contributed by atoms with Crippen LogP contribution >= 0.6 is 35.7 Å². The molecule has 1 amide bonds. The molecule has 3 rings (SSSR count). The Hall–Kier alpha value is -2.30. The first-order chi connectivity index (χ1) is 17.5. The fourth-order valence-corrected chi connectivity index (χ4v) is 7.13. The van der Waals surface area contributed by atoms with E-state index >= 15 is 0 Å². The number of esters is 2. The minimum absolute atomic E-state index is 0.0268. The Kier molecular flexibility index (Phi) is 9.52. The zero-order valence-corrected chi connectivity index (χ0v) is 24.7. The average molecular weight is 564 g/mol. The van der Waals surface area contributed by atoms with Gasteiger partial charge >= 0.3 is 11.9 Å². The maximum atomic E-state index is 13.5. The van der Waals surface area contributed by atoms with Crippen molar-refractivity contribution in [3.05, 3.63) is 37.8 Å². The number of thioether (sulfide) groups is 2. The molecule has 200 valence electrons. The van der Waals surface area contributed by atoms with Crippen molar-refractivity contribution >= 4 is 69.7 Å². The van der Waals surface area contributed by atoms with Crippen LogP contribution in [0.25, 0.3) is 5.57 Å². The number of carbonyl (C=O) groups is 3. The van der Waals surface area contributed by atoms with E-state index in [1.54, 1.807) is 18.7 Å². The number of carbonyl (C=O) groups excluding carboxylic acids is 3. The van der Waals surface area contributed by atoms with E-state index in [0.717, 1.165) is 29.1 Å². The van der Waals surface area contributed by atoms with Crippen LogP contribution in [0.5, 0.6) is 5.75 Å². The van der Waals surface area contributed by atoms with Crippen molar-refractivity contribution in [3.63, 3.8) is 0 Å². The highest BCUT2D eigenvalue weighted by molar-refractivity contribution is 8.29. The first-order valence-electron chi connectivity index (χ1n) is 12.3. The average Bonchev–Trinajstić information content (AvgIpc) is 3.25. The first-order valence-corrected chi connectivity index (χ1v) is 14.3. The molecule has 0 spiro atoms. The van der Waals surface area contributed by atoms with Crippen LogP contribution in [0.4, 0.5) is 5.69 Å². The molecular weight excluding hydrogens is 530 g/mol. The van der Waals surface area contributed by atoms with E-state index in [0.29, 0.717) is 39.1 Å². The molecule has 10 heteroatoms. The monoisotopic (exact) mass is 563 g/mol. The van der Waals surface area contributed by atoms with Crippen LogP contribution in [0.2, 0.25) is 0 Å². The summed E-state index contributed by atoms with van der Waals surface area (Å²) in [6, 6.07) is 5.58. The summed E-state index contributed by atoms with van der Waals surface area (Å²) in [6.45, 7) is 14.0. The van der Waals surface area contributed by atoms with Gasteiger partial charge in [-0.15, -0.1) is 0 Å². The number of benzene rings is 1. The molecule has 0 radical (unpaired) electrons. The fourth-order valence-electron chi connectivity index (χ4n) is 4.15. The largest absolute Gasteiger partial charge is 0.494 e. The second kappa shape index (κ2) is 12.0. The molecule has 0 atom stereocenters. The van der Waals surface area contributed by atoms with Crippen LogP contribution in [-0.2, 0) is 23.9 Å². The van der Waals surface area contributed by atoms with Crippen molar-refractivity contribution in [2.45, 2.75) is 60.4 Å². The Morgan fingerprint density at radius 2 is 1.54 bits per heavy atom. The van der Waals surface area contributed by atoms with Gasteiger partial charge in [0.15, 0.2) is 0 Å². The Labute approximate surface area is 232 Å². The summed E-state index contributed by atoms with van der Waals surface area (Å²) >= 11 is 8.34. The van der Waals surface area contributed by atoms with Crippen molar-refractivity contribution in [3.8, 4) is 5.75 Å². The van der Waals surface area contributed by atoms with Crippen molar-refractivity contribution < 1.29 is 28.6 Å². The van der Waals surface area contributed by atoms with Crippen LogP contribution in [0.1, 0.15) is 60.5 Å². The summed E-state index contributed by atoms with van der Waals surface area (Å²) < 4.78 is 16.9. The lowest BCUT2D eigenvalue weighted by molar-refractivity contribution is -0.140. The third kappa shape index (κ3) is 5.91. The summed E-state index contributed by atoms with van der Waals surface area (Å²) in [4.78, 5) is 41.7. The molecule has 1 aromatic rings. The van der Waals surface area contributed by atoms with Gasteiger partial charge < -0.3 is 19.1 Å². The van der Waals surface area contributed by atoms with E-state index in [9.17, 15) is 14.4 Å². The van der Waals surface area contributed by atoms with Crippen molar-refractivity contribution in [2.75, 3.05) is 24.7 Å². The Morgan fingerprint density at radius 1 is 0.973 bits per heavy atom. The van der Waals surface area contributed by atoms with E-state index < -0.39 is 17.5 Å². The van der Waals surface area contributed by atoms with Gasteiger partial charge in [-0.25, -0.2) is 9.59 Å². The maximum absolute atomic E-state index is 13.5. The van der Waals surface area contributed by atoms with Gasteiger partial charge in [-0.1, -0.05) is 49.6 Å². The fraction of sp³-hybridized carbons (Fsp3) is 0.481. The lowest BCUT2D eigenvalue weighted by Gasteiger charge is -2.45. The minimum atomic E-state index is -0.832. The Morgan fingerprint density at radius 3 is 2.03 bits per heavy atom. The highest BCUT2D eigenvalue weighted by Crippen LogP contribution is 2.56. The Bertz CT molecular complexity index is 1150. The summed E-state index contributed by atoms with van der Waals surface area (Å²) in [6.07, 6.45) is 0.371. The van der Waals surface area contributed by atoms with E-state index in [1.807, 2.05) is 52.8 Å². The van der Waals surface area contributed by atoms with E-state index in [-0.39, 0.29) is 34.8 Å². The molecule has 0 bridgehead atoms. The standard InChI is InChI=1S/C27H33NO6S3/c1-8-32-16-11-12-18-17(14-16)20(23(35)27(6,7)28(18)19(29)13-15(4)5)26-36-21(24(30)33-9-2)22(37-26)25(31)34-10-3/h11-12,14-15H,8-10,13H2,1-7H3.